The Balaban J connectivity index is 2.37. The maximum atomic E-state index is 10.8. The highest BCUT2D eigenvalue weighted by atomic mass is 32.2. The van der Waals surface area contributed by atoms with E-state index >= 15 is 0 Å². The summed E-state index contributed by atoms with van der Waals surface area (Å²) in [5, 5.41) is 6.85. The Morgan fingerprint density at radius 2 is 2.42 bits per heavy atom. The molecule has 0 aromatic rings. The molecule has 0 aliphatic carbocycles. The zero-order chi connectivity index (χ0) is 8.97. The van der Waals surface area contributed by atoms with Gasteiger partial charge in [0.05, 0.1) is 0 Å². The van der Waals surface area contributed by atoms with Gasteiger partial charge in [-0.2, -0.15) is 22.3 Å². The quantitative estimate of drug-likeness (QED) is 0.603. The first-order chi connectivity index (χ1) is 5.70. The summed E-state index contributed by atoms with van der Waals surface area (Å²) < 4.78 is 24.0. The second kappa shape index (κ2) is 4.16. The van der Waals surface area contributed by atoms with E-state index < -0.39 is 10.5 Å². The normalized spacial score (nSPS) is 15.3. The lowest BCUT2D eigenvalue weighted by Gasteiger charge is -2.03. The van der Waals surface area contributed by atoms with Crippen molar-refractivity contribution in [1.82, 2.24) is 4.41 Å². The predicted octanol–water partition coefficient (Wildman–Crippen LogP) is -0.136. The molecule has 0 saturated carbocycles. The molecule has 7 nitrogen and oxygen atoms in total. The van der Waals surface area contributed by atoms with Crippen LogP contribution in [0.1, 0.15) is 0 Å². The Labute approximate surface area is 73.7 Å². The van der Waals surface area contributed by atoms with Crippen LogP contribution in [-0.4, -0.2) is 31.2 Å². The van der Waals surface area contributed by atoms with Gasteiger partial charge in [-0.1, -0.05) is 5.22 Å². The molecule has 0 aromatic carbocycles. The molecule has 9 heteroatoms. The Morgan fingerprint density at radius 1 is 1.67 bits per heavy atom. The number of hydrogen-bond donors (Lipinski definition) is 0. The van der Waals surface area contributed by atoms with Crippen LogP contribution in [0.4, 0.5) is 0 Å². The summed E-state index contributed by atoms with van der Waals surface area (Å²) in [5.74, 6) is -0.326. The zero-order valence-electron chi connectivity index (χ0n) is 5.74. The average Bonchev–Trinajstić information content (AvgIpc) is 2.36. The van der Waals surface area contributed by atoms with Gasteiger partial charge in [-0.15, -0.1) is 0 Å². The van der Waals surface area contributed by atoms with Gasteiger partial charge in [0, 0.05) is 11.9 Å². The Kier molecular flexibility index (Phi) is 3.17. The van der Waals surface area contributed by atoms with Gasteiger partial charge in [0.25, 0.3) is 5.91 Å². The van der Waals surface area contributed by atoms with Crippen LogP contribution in [0.5, 0.6) is 0 Å². The van der Waals surface area contributed by atoms with E-state index in [1.54, 1.807) is 0 Å². The Morgan fingerprint density at radius 3 is 2.92 bits per heavy atom. The molecule has 0 bridgehead atoms. The zero-order valence-corrected chi connectivity index (χ0v) is 7.38. The molecular weight excluding hydrogens is 204 g/mol. The van der Waals surface area contributed by atoms with E-state index in [2.05, 4.69) is 14.7 Å². The van der Waals surface area contributed by atoms with Crippen molar-refractivity contribution < 1.29 is 13.2 Å². The smallest absolute Gasteiger partial charge is 0.270 e. The summed E-state index contributed by atoms with van der Waals surface area (Å²) in [7, 11) is -2.43. The third kappa shape index (κ3) is 2.58. The van der Waals surface area contributed by atoms with Crippen LogP contribution in [0.15, 0.2) is 14.7 Å². The second-order valence-corrected chi connectivity index (χ2v) is 3.21. The van der Waals surface area contributed by atoms with E-state index in [9.17, 15) is 13.2 Å². The van der Waals surface area contributed by atoms with Gasteiger partial charge in [-0.05, 0) is 0 Å². The van der Waals surface area contributed by atoms with Crippen LogP contribution in [0.2, 0.25) is 0 Å². The van der Waals surface area contributed by atoms with E-state index in [1.165, 1.54) is 0 Å². The van der Waals surface area contributed by atoms with Crippen molar-refractivity contribution in [3.63, 3.8) is 0 Å². The standard InChI is InChI=1S/C3H4N4O3S2/c8-3-1-4-6-7(3)11-2-5-12(9)10/h1-2H2. The molecule has 66 valence electrons. The number of hydrogen-bond acceptors (Lipinski definition) is 7. The highest BCUT2D eigenvalue weighted by Crippen LogP contribution is 2.15. The Bertz CT molecular complexity index is 325. The van der Waals surface area contributed by atoms with Crippen LogP contribution < -0.4 is 0 Å². The molecule has 0 aromatic heterocycles. The van der Waals surface area contributed by atoms with Gasteiger partial charge in [0.15, 0.2) is 0 Å². The summed E-state index contributed by atoms with van der Waals surface area (Å²) in [4.78, 5) is 10.8. The fourth-order valence-electron chi connectivity index (χ4n) is 0.479. The first-order valence-electron chi connectivity index (χ1n) is 2.80. The van der Waals surface area contributed by atoms with Gasteiger partial charge >= 0.3 is 10.5 Å². The SMILES string of the molecule is O=C1CN=NN1SCN=S(=O)=O. The lowest BCUT2D eigenvalue weighted by atomic mass is 10.7. The van der Waals surface area contributed by atoms with Gasteiger partial charge < -0.3 is 0 Å². The third-order valence-corrected chi connectivity index (χ3v) is 2.17. The summed E-state index contributed by atoms with van der Waals surface area (Å²) in [6.45, 7) is 0.0213. The minimum absolute atomic E-state index is 0.0213. The van der Waals surface area contributed by atoms with Crippen LogP contribution >= 0.6 is 11.9 Å². The molecule has 0 N–H and O–H groups in total. The number of carbonyl (C=O) groups excluding carboxylic acids is 1. The number of nitrogens with zero attached hydrogens (tertiary/aromatic N) is 4. The van der Waals surface area contributed by atoms with Gasteiger partial charge in [-0.25, -0.2) is 0 Å². The van der Waals surface area contributed by atoms with Crippen molar-refractivity contribution in [2.75, 3.05) is 12.4 Å². The molecule has 1 aliphatic rings. The molecule has 0 unspecified atom stereocenters. The van der Waals surface area contributed by atoms with Crippen molar-refractivity contribution in [3.8, 4) is 0 Å². The molecule has 0 atom stereocenters. The number of rotatable bonds is 3. The van der Waals surface area contributed by atoms with Crippen LogP contribution in [-0.2, 0) is 15.3 Å². The molecule has 0 spiro atoms. The number of amides is 1. The van der Waals surface area contributed by atoms with Crippen molar-refractivity contribution >= 4 is 28.4 Å². The van der Waals surface area contributed by atoms with E-state index in [1.807, 2.05) is 0 Å². The van der Waals surface area contributed by atoms with E-state index in [4.69, 9.17) is 0 Å². The second-order valence-electron chi connectivity index (χ2n) is 1.66. The first-order valence-corrected chi connectivity index (χ1v) is 4.78. The fraction of sp³-hybridized carbons (Fsp3) is 0.667. The topological polar surface area (TPSA) is 91.5 Å². The highest BCUT2D eigenvalue weighted by molar-refractivity contribution is 7.97. The highest BCUT2D eigenvalue weighted by Gasteiger charge is 2.18. The van der Waals surface area contributed by atoms with E-state index in [0.717, 1.165) is 16.4 Å². The molecule has 1 amide bonds. The summed E-state index contributed by atoms with van der Waals surface area (Å²) >= 11 is 0.884. The monoisotopic (exact) mass is 208 g/mol. The third-order valence-electron chi connectivity index (χ3n) is 0.902. The van der Waals surface area contributed by atoms with Gasteiger partial charge in [0.1, 0.15) is 12.4 Å². The molecular formula is C3H4N4O3S2. The fourth-order valence-corrected chi connectivity index (χ4v) is 1.43. The van der Waals surface area contributed by atoms with E-state index in [-0.39, 0.29) is 18.3 Å². The molecule has 1 aliphatic heterocycles. The molecule has 0 fully saturated rings. The maximum Gasteiger partial charge on any atom is 0.312 e. The predicted molar refractivity (Wildman–Crippen MR) is 40.4 cm³/mol. The molecule has 1 heterocycles. The average molecular weight is 208 g/mol. The van der Waals surface area contributed by atoms with E-state index in [0.29, 0.717) is 0 Å². The Hall–Kier alpha value is -0.960. The molecule has 0 saturated heterocycles. The summed E-state index contributed by atoms with van der Waals surface area (Å²) in [6, 6.07) is 0. The van der Waals surface area contributed by atoms with Crippen molar-refractivity contribution in [2.45, 2.75) is 0 Å². The largest absolute Gasteiger partial charge is 0.312 e. The van der Waals surface area contributed by atoms with Gasteiger partial charge in [-0.3, -0.25) is 4.79 Å². The first kappa shape index (κ1) is 9.13. The van der Waals surface area contributed by atoms with Crippen LogP contribution in [0.25, 0.3) is 0 Å². The minimum atomic E-state index is -2.43. The molecule has 1 rings (SSSR count). The van der Waals surface area contributed by atoms with Crippen molar-refractivity contribution in [1.29, 1.82) is 0 Å². The summed E-state index contributed by atoms with van der Waals surface area (Å²) in [5.41, 5.74) is 0. The van der Waals surface area contributed by atoms with Crippen LogP contribution in [0, 0.1) is 0 Å². The van der Waals surface area contributed by atoms with Crippen LogP contribution in [0.3, 0.4) is 0 Å². The summed E-state index contributed by atoms with van der Waals surface area (Å²) in [6.07, 6.45) is 0. The van der Waals surface area contributed by atoms with Crippen molar-refractivity contribution in [2.24, 2.45) is 14.7 Å². The molecule has 0 radical (unpaired) electrons. The van der Waals surface area contributed by atoms with Gasteiger partial charge in [0.2, 0.25) is 0 Å². The number of carbonyl (C=O) groups is 1. The molecule has 12 heavy (non-hydrogen) atoms. The van der Waals surface area contributed by atoms with Crippen molar-refractivity contribution in [3.05, 3.63) is 0 Å². The lowest BCUT2D eigenvalue weighted by Crippen LogP contribution is -2.15. The minimum Gasteiger partial charge on any atom is -0.270 e. The lowest BCUT2D eigenvalue weighted by molar-refractivity contribution is -0.123. The maximum absolute atomic E-state index is 10.8.